The van der Waals surface area contributed by atoms with Gasteiger partial charge in [0, 0.05) is 0 Å². The van der Waals surface area contributed by atoms with Crippen LogP contribution >= 0.6 is 0 Å². The van der Waals surface area contributed by atoms with E-state index < -0.39 is 23.5 Å². The summed E-state index contributed by atoms with van der Waals surface area (Å²) in [4.78, 5) is 0. The van der Waals surface area contributed by atoms with Gasteiger partial charge in [0.1, 0.15) is 0 Å². The van der Waals surface area contributed by atoms with E-state index in [-0.39, 0.29) is 17.0 Å². The van der Waals surface area contributed by atoms with Crippen LogP contribution in [-0.2, 0) is 12.4 Å². The highest BCUT2D eigenvalue weighted by molar-refractivity contribution is 5.69. The van der Waals surface area contributed by atoms with Crippen LogP contribution in [0.15, 0.2) is 42.5 Å². The van der Waals surface area contributed by atoms with Crippen molar-refractivity contribution in [2.24, 2.45) is 0 Å². The van der Waals surface area contributed by atoms with E-state index in [1.54, 1.807) is 19.9 Å². The largest absolute Gasteiger partial charge is 0.417 e. The van der Waals surface area contributed by atoms with Crippen LogP contribution in [0.25, 0.3) is 11.1 Å². The quantitative estimate of drug-likeness (QED) is 0.550. The van der Waals surface area contributed by atoms with Gasteiger partial charge in [-0.1, -0.05) is 38.1 Å². The molecule has 0 spiro atoms. The lowest BCUT2D eigenvalue weighted by atomic mass is 9.93. The first kappa shape index (κ1) is 17.4. The van der Waals surface area contributed by atoms with Gasteiger partial charge in [-0.3, -0.25) is 0 Å². The van der Waals surface area contributed by atoms with Gasteiger partial charge >= 0.3 is 12.4 Å². The molecule has 0 amide bonds. The van der Waals surface area contributed by atoms with Crippen molar-refractivity contribution in [2.45, 2.75) is 32.1 Å². The lowest BCUT2D eigenvalue weighted by Crippen LogP contribution is -2.09. The molecule has 2 rings (SSSR count). The standard InChI is InChI=1S/C17H14F6/c1-10(2)12-5-8-14(15(9-12)17(21,22)23)11-3-6-13(7-4-11)16(18,19)20/h3-10H,1-2H3. The second kappa shape index (κ2) is 5.91. The van der Waals surface area contributed by atoms with Crippen molar-refractivity contribution in [1.82, 2.24) is 0 Å². The molecule has 0 N–H and O–H groups in total. The van der Waals surface area contributed by atoms with E-state index in [2.05, 4.69) is 0 Å². The van der Waals surface area contributed by atoms with E-state index in [1.807, 2.05) is 0 Å². The van der Waals surface area contributed by atoms with Gasteiger partial charge in [-0.25, -0.2) is 0 Å². The highest BCUT2D eigenvalue weighted by Gasteiger charge is 2.34. The summed E-state index contributed by atoms with van der Waals surface area (Å²) in [5.74, 6) is -0.0854. The second-order valence-corrected chi connectivity index (χ2v) is 5.53. The van der Waals surface area contributed by atoms with Crippen LogP contribution in [0.1, 0.15) is 36.5 Å². The summed E-state index contributed by atoms with van der Waals surface area (Å²) >= 11 is 0. The fourth-order valence-electron chi connectivity index (χ4n) is 2.25. The molecule has 0 aromatic heterocycles. The molecule has 0 nitrogen and oxygen atoms in total. The maximum atomic E-state index is 13.3. The Morgan fingerprint density at radius 3 is 1.74 bits per heavy atom. The Kier molecular flexibility index (Phi) is 4.46. The Labute approximate surface area is 129 Å². The third kappa shape index (κ3) is 3.86. The molecule has 0 heterocycles. The Bertz CT molecular complexity index is 678. The lowest BCUT2D eigenvalue weighted by molar-refractivity contribution is -0.138. The molecular formula is C17H14F6. The third-order valence-electron chi connectivity index (χ3n) is 3.54. The highest BCUT2D eigenvalue weighted by Crippen LogP contribution is 2.39. The number of hydrogen-bond donors (Lipinski definition) is 0. The maximum absolute atomic E-state index is 13.3. The van der Waals surface area contributed by atoms with Crippen LogP contribution in [-0.4, -0.2) is 0 Å². The first-order valence-corrected chi connectivity index (χ1v) is 6.89. The Morgan fingerprint density at radius 2 is 1.30 bits per heavy atom. The number of rotatable bonds is 2. The van der Waals surface area contributed by atoms with E-state index in [9.17, 15) is 26.3 Å². The minimum absolute atomic E-state index is 0.0854. The fraction of sp³-hybridized carbons (Fsp3) is 0.294. The molecule has 0 aliphatic carbocycles. The van der Waals surface area contributed by atoms with Gasteiger partial charge in [-0.05, 0) is 40.8 Å². The van der Waals surface area contributed by atoms with Crippen LogP contribution in [0.2, 0.25) is 0 Å². The molecule has 0 aliphatic heterocycles. The van der Waals surface area contributed by atoms with Gasteiger partial charge in [0.15, 0.2) is 0 Å². The predicted molar refractivity (Wildman–Crippen MR) is 76.0 cm³/mol. The third-order valence-corrected chi connectivity index (χ3v) is 3.54. The van der Waals surface area contributed by atoms with Crippen LogP contribution < -0.4 is 0 Å². The van der Waals surface area contributed by atoms with Crippen molar-refractivity contribution in [3.8, 4) is 11.1 Å². The molecule has 23 heavy (non-hydrogen) atoms. The number of hydrogen-bond acceptors (Lipinski definition) is 0. The summed E-state index contributed by atoms with van der Waals surface area (Å²) < 4.78 is 77.5. The molecule has 2 aromatic rings. The van der Waals surface area contributed by atoms with E-state index >= 15 is 0 Å². The normalized spacial score (nSPS) is 12.7. The summed E-state index contributed by atoms with van der Waals surface area (Å²) in [5, 5.41) is 0. The Hall–Kier alpha value is -1.98. The summed E-state index contributed by atoms with van der Waals surface area (Å²) in [6.07, 6.45) is -9.10. The zero-order valence-corrected chi connectivity index (χ0v) is 12.4. The van der Waals surface area contributed by atoms with Gasteiger partial charge in [0.25, 0.3) is 0 Å². The molecule has 0 saturated heterocycles. The molecule has 0 fully saturated rings. The number of benzene rings is 2. The molecule has 124 valence electrons. The van der Waals surface area contributed by atoms with Crippen LogP contribution in [0.3, 0.4) is 0 Å². The van der Waals surface area contributed by atoms with E-state index in [0.717, 1.165) is 30.3 Å². The number of alkyl halides is 6. The zero-order chi connectivity index (χ0) is 17.4. The van der Waals surface area contributed by atoms with Gasteiger partial charge in [-0.15, -0.1) is 0 Å². The maximum Gasteiger partial charge on any atom is 0.417 e. The van der Waals surface area contributed by atoms with Crippen molar-refractivity contribution >= 4 is 0 Å². The zero-order valence-electron chi connectivity index (χ0n) is 12.4. The van der Waals surface area contributed by atoms with E-state index in [1.165, 1.54) is 6.07 Å². The average molecular weight is 332 g/mol. The lowest BCUT2D eigenvalue weighted by Gasteiger charge is -2.16. The molecule has 0 atom stereocenters. The van der Waals surface area contributed by atoms with Crippen LogP contribution in [0.4, 0.5) is 26.3 Å². The molecule has 0 saturated carbocycles. The van der Waals surface area contributed by atoms with Gasteiger partial charge in [-0.2, -0.15) is 26.3 Å². The molecule has 0 aliphatic rings. The van der Waals surface area contributed by atoms with Gasteiger partial charge in [0.2, 0.25) is 0 Å². The smallest absolute Gasteiger partial charge is 0.166 e. The molecule has 0 radical (unpaired) electrons. The monoisotopic (exact) mass is 332 g/mol. The van der Waals surface area contributed by atoms with Crippen molar-refractivity contribution < 1.29 is 26.3 Å². The second-order valence-electron chi connectivity index (χ2n) is 5.53. The minimum atomic E-state index is -4.58. The van der Waals surface area contributed by atoms with Crippen molar-refractivity contribution in [2.75, 3.05) is 0 Å². The van der Waals surface area contributed by atoms with Crippen molar-refractivity contribution in [3.05, 3.63) is 59.2 Å². The number of halogens is 6. The topological polar surface area (TPSA) is 0 Å². The van der Waals surface area contributed by atoms with Crippen molar-refractivity contribution in [3.63, 3.8) is 0 Å². The summed E-state index contributed by atoms with van der Waals surface area (Å²) in [6.45, 7) is 3.54. The first-order chi connectivity index (χ1) is 10.5. The minimum Gasteiger partial charge on any atom is -0.166 e. The SMILES string of the molecule is CC(C)c1ccc(-c2ccc(C(F)(F)F)cc2)c(C(F)(F)F)c1. The highest BCUT2D eigenvalue weighted by atomic mass is 19.4. The summed E-state index contributed by atoms with van der Waals surface area (Å²) in [6, 6.07) is 7.61. The molecule has 0 unspecified atom stereocenters. The van der Waals surface area contributed by atoms with Gasteiger partial charge < -0.3 is 0 Å². The van der Waals surface area contributed by atoms with E-state index in [4.69, 9.17) is 0 Å². The molecule has 2 aromatic carbocycles. The first-order valence-electron chi connectivity index (χ1n) is 6.89. The van der Waals surface area contributed by atoms with Gasteiger partial charge in [0.05, 0.1) is 11.1 Å². The predicted octanol–water partition coefficient (Wildman–Crippen LogP) is 6.51. The van der Waals surface area contributed by atoms with Crippen LogP contribution in [0, 0.1) is 0 Å². The van der Waals surface area contributed by atoms with E-state index in [0.29, 0.717) is 5.56 Å². The van der Waals surface area contributed by atoms with Crippen molar-refractivity contribution in [1.29, 1.82) is 0 Å². The Balaban J connectivity index is 2.54. The molecule has 6 heteroatoms. The fourth-order valence-corrected chi connectivity index (χ4v) is 2.25. The summed E-state index contributed by atoms with van der Waals surface area (Å²) in [7, 11) is 0. The Morgan fingerprint density at radius 1 is 0.739 bits per heavy atom. The summed E-state index contributed by atoms with van der Waals surface area (Å²) in [5.41, 5.74) is -1.25. The average Bonchev–Trinajstić information content (AvgIpc) is 2.45. The molecule has 0 bridgehead atoms. The van der Waals surface area contributed by atoms with Crippen LogP contribution in [0.5, 0.6) is 0 Å². The molecular weight excluding hydrogens is 318 g/mol.